The fourth-order valence-electron chi connectivity index (χ4n) is 4.69. The number of rotatable bonds is 3. The van der Waals surface area contributed by atoms with Crippen LogP contribution in [0.3, 0.4) is 0 Å². The second kappa shape index (κ2) is 6.75. The number of amides is 1. The first kappa shape index (κ1) is 16.5. The van der Waals surface area contributed by atoms with E-state index in [1.54, 1.807) is 11.3 Å². The van der Waals surface area contributed by atoms with Crippen LogP contribution in [0.4, 0.5) is 0 Å². The molecule has 1 atom stereocenters. The molecule has 4 rings (SSSR count). The molecule has 132 valence electrons. The van der Waals surface area contributed by atoms with E-state index in [9.17, 15) is 4.79 Å². The molecular formula is C18H26N2O3S. The van der Waals surface area contributed by atoms with E-state index in [0.717, 1.165) is 64.1 Å². The number of carbonyl (C=O) groups is 1. The molecule has 0 aromatic carbocycles. The van der Waals surface area contributed by atoms with Crippen molar-refractivity contribution in [2.45, 2.75) is 43.4 Å². The van der Waals surface area contributed by atoms with Crippen LogP contribution in [0.5, 0.6) is 0 Å². The zero-order valence-corrected chi connectivity index (χ0v) is 15.1. The Bertz CT molecular complexity index is 563. The number of piperidine rings is 1. The summed E-state index contributed by atoms with van der Waals surface area (Å²) >= 11 is 1.59. The molecule has 0 radical (unpaired) electrons. The van der Waals surface area contributed by atoms with Crippen molar-refractivity contribution in [1.82, 2.24) is 9.80 Å². The van der Waals surface area contributed by atoms with Gasteiger partial charge in [0, 0.05) is 51.4 Å². The molecule has 4 heterocycles. The monoisotopic (exact) mass is 350 g/mol. The van der Waals surface area contributed by atoms with Crippen molar-refractivity contribution in [3.05, 3.63) is 22.4 Å². The molecule has 3 fully saturated rings. The van der Waals surface area contributed by atoms with Crippen LogP contribution in [-0.4, -0.2) is 73.3 Å². The van der Waals surface area contributed by atoms with Crippen molar-refractivity contribution < 1.29 is 14.3 Å². The molecule has 3 aliphatic heterocycles. The maximum absolute atomic E-state index is 12.5. The number of methoxy groups -OCH3 is 1. The number of hydrogen-bond acceptors (Lipinski definition) is 5. The van der Waals surface area contributed by atoms with Gasteiger partial charge in [-0.25, -0.2) is 0 Å². The van der Waals surface area contributed by atoms with Gasteiger partial charge in [-0.1, -0.05) is 0 Å². The van der Waals surface area contributed by atoms with Gasteiger partial charge in [0.25, 0.3) is 5.91 Å². The van der Waals surface area contributed by atoms with Crippen molar-refractivity contribution in [3.63, 3.8) is 0 Å². The van der Waals surface area contributed by atoms with Crippen LogP contribution in [0.25, 0.3) is 0 Å². The largest absolute Gasteiger partial charge is 0.381 e. The van der Waals surface area contributed by atoms with E-state index < -0.39 is 0 Å². The second-order valence-electron chi connectivity index (χ2n) is 7.13. The van der Waals surface area contributed by atoms with E-state index in [1.165, 1.54) is 0 Å². The lowest BCUT2D eigenvalue weighted by atomic mass is 9.73. The van der Waals surface area contributed by atoms with Crippen LogP contribution in [0.15, 0.2) is 16.8 Å². The number of thiophene rings is 1. The number of likely N-dealkylation sites (tertiary alicyclic amines) is 2. The Balaban J connectivity index is 1.38. The van der Waals surface area contributed by atoms with Gasteiger partial charge in [-0.2, -0.15) is 11.3 Å². The Morgan fingerprint density at radius 2 is 2.08 bits per heavy atom. The van der Waals surface area contributed by atoms with Gasteiger partial charge in [0.1, 0.15) is 0 Å². The van der Waals surface area contributed by atoms with Crippen molar-refractivity contribution in [1.29, 1.82) is 0 Å². The third kappa shape index (κ3) is 2.69. The molecule has 5 nitrogen and oxygen atoms in total. The zero-order valence-electron chi connectivity index (χ0n) is 14.3. The summed E-state index contributed by atoms with van der Waals surface area (Å²) in [5, 5.41) is 3.92. The molecule has 1 amide bonds. The summed E-state index contributed by atoms with van der Waals surface area (Å²) in [6.07, 6.45) is 4.61. The van der Waals surface area contributed by atoms with E-state index in [1.807, 2.05) is 28.8 Å². The minimum atomic E-state index is 0.178. The fraction of sp³-hybridized carbons (Fsp3) is 0.722. The fourth-order valence-corrected chi connectivity index (χ4v) is 5.32. The quantitative estimate of drug-likeness (QED) is 0.838. The standard InChI is InChI=1S/C18H26N2O3S/c1-22-16-12-20(18(16)5-9-23-10-6-18)15-2-7-19(8-3-15)17(21)14-4-11-24-13-14/h4,11,13,15-16H,2-3,5-10,12H2,1H3. The van der Waals surface area contributed by atoms with Gasteiger partial charge in [0.15, 0.2) is 0 Å². The third-order valence-electron chi connectivity index (χ3n) is 6.14. The van der Waals surface area contributed by atoms with Gasteiger partial charge >= 0.3 is 0 Å². The van der Waals surface area contributed by atoms with E-state index in [2.05, 4.69) is 4.90 Å². The van der Waals surface area contributed by atoms with Gasteiger partial charge in [0.05, 0.1) is 17.2 Å². The summed E-state index contributed by atoms with van der Waals surface area (Å²) in [5.74, 6) is 0.189. The Morgan fingerprint density at radius 1 is 1.33 bits per heavy atom. The van der Waals surface area contributed by atoms with Gasteiger partial charge in [-0.3, -0.25) is 9.69 Å². The molecule has 3 aliphatic rings. The molecule has 0 bridgehead atoms. The first-order valence-corrected chi connectivity index (χ1v) is 9.87. The maximum Gasteiger partial charge on any atom is 0.254 e. The molecule has 0 saturated carbocycles. The molecule has 1 unspecified atom stereocenters. The molecule has 1 aromatic heterocycles. The van der Waals surface area contributed by atoms with Crippen LogP contribution in [-0.2, 0) is 9.47 Å². The van der Waals surface area contributed by atoms with Crippen molar-refractivity contribution in [2.75, 3.05) is 40.0 Å². The van der Waals surface area contributed by atoms with E-state index >= 15 is 0 Å². The molecule has 0 N–H and O–H groups in total. The van der Waals surface area contributed by atoms with Crippen LogP contribution >= 0.6 is 11.3 Å². The van der Waals surface area contributed by atoms with Gasteiger partial charge in [-0.15, -0.1) is 0 Å². The predicted molar refractivity (Wildman–Crippen MR) is 93.5 cm³/mol. The summed E-state index contributed by atoms with van der Waals surface area (Å²) in [5.41, 5.74) is 1.01. The number of hydrogen-bond donors (Lipinski definition) is 0. The zero-order chi connectivity index (χ0) is 16.6. The highest BCUT2D eigenvalue weighted by molar-refractivity contribution is 7.08. The first-order chi connectivity index (χ1) is 11.7. The Morgan fingerprint density at radius 3 is 2.71 bits per heavy atom. The van der Waals surface area contributed by atoms with Crippen LogP contribution in [0, 0.1) is 0 Å². The van der Waals surface area contributed by atoms with Gasteiger partial charge < -0.3 is 14.4 Å². The van der Waals surface area contributed by atoms with E-state index in [0.29, 0.717) is 12.1 Å². The highest BCUT2D eigenvalue weighted by Crippen LogP contribution is 2.44. The molecule has 1 aromatic rings. The molecule has 1 spiro atoms. The summed E-state index contributed by atoms with van der Waals surface area (Å²) < 4.78 is 11.3. The minimum absolute atomic E-state index is 0.178. The number of carbonyl (C=O) groups excluding carboxylic acids is 1. The van der Waals surface area contributed by atoms with Crippen LogP contribution < -0.4 is 0 Å². The lowest BCUT2D eigenvalue weighted by Crippen LogP contribution is -2.75. The van der Waals surface area contributed by atoms with Crippen LogP contribution in [0.1, 0.15) is 36.0 Å². The van der Waals surface area contributed by atoms with Crippen LogP contribution in [0.2, 0.25) is 0 Å². The van der Waals surface area contributed by atoms with Gasteiger partial charge in [-0.05, 0) is 37.1 Å². The van der Waals surface area contributed by atoms with E-state index in [-0.39, 0.29) is 11.4 Å². The van der Waals surface area contributed by atoms with E-state index in [4.69, 9.17) is 9.47 Å². The highest BCUT2D eigenvalue weighted by atomic mass is 32.1. The normalized spacial score (nSPS) is 28.0. The number of ether oxygens (including phenoxy) is 2. The van der Waals surface area contributed by atoms with Crippen molar-refractivity contribution in [3.8, 4) is 0 Å². The summed E-state index contributed by atoms with van der Waals surface area (Å²) in [4.78, 5) is 17.2. The SMILES string of the molecule is COC1CN(C2CCN(C(=O)c3ccsc3)CC2)C12CCOCC2. The summed E-state index contributed by atoms with van der Waals surface area (Å²) in [6, 6.07) is 2.50. The lowest BCUT2D eigenvalue weighted by Gasteiger charge is -2.63. The average molecular weight is 350 g/mol. The molecule has 24 heavy (non-hydrogen) atoms. The van der Waals surface area contributed by atoms with Gasteiger partial charge in [0.2, 0.25) is 0 Å². The molecule has 3 saturated heterocycles. The average Bonchev–Trinajstić information content (AvgIpc) is 3.16. The highest BCUT2D eigenvalue weighted by Gasteiger charge is 2.56. The smallest absolute Gasteiger partial charge is 0.254 e. The Hall–Kier alpha value is -0.950. The van der Waals surface area contributed by atoms with Crippen molar-refractivity contribution >= 4 is 17.2 Å². The molecule has 6 heteroatoms. The topological polar surface area (TPSA) is 42.0 Å². The number of nitrogens with zero attached hydrogens (tertiary/aromatic N) is 2. The molecule has 0 aliphatic carbocycles. The third-order valence-corrected chi connectivity index (χ3v) is 6.82. The second-order valence-corrected chi connectivity index (χ2v) is 7.91. The molecular weight excluding hydrogens is 324 g/mol. The lowest BCUT2D eigenvalue weighted by molar-refractivity contribution is -0.207. The minimum Gasteiger partial charge on any atom is -0.381 e. The first-order valence-electron chi connectivity index (χ1n) is 8.93. The maximum atomic E-state index is 12.5. The summed E-state index contributed by atoms with van der Waals surface area (Å²) in [6.45, 7) is 4.43. The Labute approximate surface area is 147 Å². The summed E-state index contributed by atoms with van der Waals surface area (Å²) in [7, 11) is 1.83. The van der Waals surface area contributed by atoms with Crippen molar-refractivity contribution in [2.24, 2.45) is 0 Å². The predicted octanol–water partition coefficient (Wildman–Crippen LogP) is 2.23. The Kier molecular flexibility index (Phi) is 4.64.